The lowest BCUT2D eigenvalue weighted by Crippen LogP contribution is -2.54. The maximum Gasteiger partial charge on any atom is 0.420 e. The van der Waals surface area contributed by atoms with Gasteiger partial charge in [0.25, 0.3) is 0 Å². The molecule has 2 aliphatic rings. The molecule has 2 saturated heterocycles. The van der Waals surface area contributed by atoms with Crippen LogP contribution >= 0.6 is 11.6 Å². The number of hydrogen-bond donors (Lipinski definition) is 1. The van der Waals surface area contributed by atoms with Crippen LogP contribution in [0, 0.1) is 0 Å². The van der Waals surface area contributed by atoms with E-state index < -0.39 is 28.7 Å². The van der Waals surface area contributed by atoms with Gasteiger partial charge in [0.05, 0.1) is 23.8 Å². The molecule has 2 fully saturated rings. The topological polar surface area (TPSA) is 75.9 Å². The Balaban J connectivity index is 1.92. The van der Waals surface area contributed by atoms with Crippen molar-refractivity contribution in [1.29, 1.82) is 0 Å². The molecule has 30 heavy (non-hydrogen) atoms. The van der Waals surface area contributed by atoms with E-state index in [0.717, 1.165) is 6.07 Å². The summed E-state index contributed by atoms with van der Waals surface area (Å²) in [5, 5.41) is -0.424. The number of hydrogen-bond acceptors (Lipinski definition) is 4. The molecule has 0 aliphatic carbocycles. The molecule has 0 radical (unpaired) electrons. The van der Waals surface area contributed by atoms with Gasteiger partial charge in [-0.3, -0.25) is 14.6 Å². The fourth-order valence-corrected chi connectivity index (χ4v) is 4.38. The summed E-state index contributed by atoms with van der Waals surface area (Å²) in [6.07, 6.45) is -4.60. The first-order valence-electron chi connectivity index (χ1n) is 9.62. The van der Waals surface area contributed by atoms with Crippen molar-refractivity contribution in [3.8, 4) is 0 Å². The third-order valence-electron chi connectivity index (χ3n) is 5.83. The maximum absolute atomic E-state index is 13.3. The number of primary amides is 1. The molecule has 0 spiro atoms. The molecular weight excluding hydrogens is 425 g/mol. The van der Waals surface area contributed by atoms with Crippen LogP contribution in [-0.4, -0.2) is 85.2 Å². The zero-order chi connectivity index (χ0) is 22.1. The minimum Gasteiger partial charge on any atom is -0.379 e. The molecule has 7 nitrogen and oxygen atoms in total. The smallest absolute Gasteiger partial charge is 0.379 e. The Morgan fingerprint density at radius 1 is 1.33 bits per heavy atom. The summed E-state index contributed by atoms with van der Waals surface area (Å²) in [4.78, 5) is 28.5. The van der Waals surface area contributed by atoms with E-state index >= 15 is 0 Å². The van der Waals surface area contributed by atoms with Crippen LogP contribution in [0.3, 0.4) is 0 Å². The van der Waals surface area contributed by atoms with Crippen LogP contribution in [0.4, 0.5) is 18.0 Å². The molecule has 3 rings (SSSR count). The molecule has 0 saturated carbocycles. The van der Waals surface area contributed by atoms with Crippen molar-refractivity contribution < 1.29 is 32.0 Å². The Morgan fingerprint density at radius 3 is 2.57 bits per heavy atom. The van der Waals surface area contributed by atoms with Gasteiger partial charge in [0.2, 0.25) is 5.91 Å². The summed E-state index contributed by atoms with van der Waals surface area (Å²) in [7, 11) is 1.49. The van der Waals surface area contributed by atoms with Crippen molar-refractivity contribution >= 4 is 23.5 Å². The first-order valence-corrected chi connectivity index (χ1v) is 10.0. The van der Waals surface area contributed by atoms with Gasteiger partial charge in [-0.1, -0.05) is 23.7 Å². The molecule has 2 heterocycles. The van der Waals surface area contributed by atoms with Crippen LogP contribution in [-0.2, 0) is 22.3 Å². The van der Waals surface area contributed by atoms with Gasteiger partial charge in [-0.2, -0.15) is 13.2 Å². The number of quaternary nitrogens is 1. The standard InChI is InChI=1S/C19H24ClF3N4O3/c1-25-15(17(24)28)12-27(18(25)29,8-5-26-6-9-30-10-7-26)11-13-3-2-4-14(16(13)20)19(21,22)23/h2-4,15H,5-12H2,1H3,(H-,24,28)/p+1. The minimum atomic E-state index is -4.60. The van der Waals surface area contributed by atoms with E-state index in [9.17, 15) is 22.8 Å². The number of nitrogens with zero attached hydrogens (tertiary/aromatic N) is 3. The highest BCUT2D eigenvalue weighted by Gasteiger charge is 2.53. The van der Waals surface area contributed by atoms with Crippen LogP contribution in [0.2, 0.25) is 5.02 Å². The van der Waals surface area contributed by atoms with Crippen molar-refractivity contribution in [3.63, 3.8) is 0 Å². The zero-order valence-electron chi connectivity index (χ0n) is 16.6. The van der Waals surface area contributed by atoms with Crippen molar-refractivity contribution in [3.05, 3.63) is 34.3 Å². The number of halogens is 4. The predicted octanol–water partition coefficient (Wildman–Crippen LogP) is 1.93. The van der Waals surface area contributed by atoms with Gasteiger partial charge in [0.15, 0.2) is 6.04 Å². The molecular formula is C19H25ClF3N4O3+. The van der Waals surface area contributed by atoms with Gasteiger partial charge in [0, 0.05) is 32.2 Å². The number of carbonyl (C=O) groups excluding carboxylic acids is 2. The van der Waals surface area contributed by atoms with Crippen molar-refractivity contribution in [2.75, 3.05) is 53.0 Å². The largest absolute Gasteiger partial charge is 0.420 e. The molecule has 1 aromatic carbocycles. The predicted molar refractivity (Wildman–Crippen MR) is 104 cm³/mol. The molecule has 11 heteroatoms. The molecule has 0 aromatic heterocycles. The lowest BCUT2D eigenvalue weighted by atomic mass is 10.1. The maximum atomic E-state index is 13.3. The molecule has 2 N–H and O–H groups in total. The van der Waals surface area contributed by atoms with Crippen LogP contribution in [0.15, 0.2) is 18.2 Å². The fraction of sp³-hybridized carbons (Fsp3) is 0.579. The normalized spacial score (nSPS) is 25.7. The highest BCUT2D eigenvalue weighted by Crippen LogP contribution is 2.38. The van der Waals surface area contributed by atoms with Crippen LogP contribution in [0.25, 0.3) is 0 Å². The van der Waals surface area contributed by atoms with E-state index in [0.29, 0.717) is 39.4 Å². The van der Waals surface area contributed by atoms with Crippen molar-refractivity contribution in [2.45, 2.75) is 18.8 Å². The van der Waals surface area contributed by atoms with E-state index in [-0.39, 0.29) is 29.2 Å². The monoisotopic (exact) mass is 449 g/mol. The number of alkyl halides is 3. The minimum absolute atomic E-state index is 0.0555. The van der Waals surface area contributed by atoms with E-state index in [2.05, 4.69) is 4.90 Å². The molecule has 2 aliphatic heterocycles. The summed E-state index contributed by atoms with van der Waals surface area (Å²) >= 11 is 6.09. The van der Waals surface area contributed by atoms with Gasteiger partial charge in [0.1, 0.15) is 19.6 Å². The summed E-state index contributed by atoms with van der Waals surface area (Å²) in [6, 6.07) is 2.48. The fourth-order valence-electron chi connectivity index (χ4n) is 4.08. The molecule has 2 atom stereocenters. The van der Waals surface area contributed by atoms with Crippen LogP contribution in [0.1, 0.15) is 11.1 Å². The first-order chi connectivity index (χ1) is 14.0. The van der Waals surface area contributed by atoms with Gasteiger partial charge in [-0.05, 0) is 6.07 Å². The lowest BCUT2D eigenvalue weighted by molar-refractivity contribution is -0.855. The van der Waals surface area contributed by atoms with E-state index in [4.69, 9.17) is 22.1 Å². The Hall–Kier alpha value is -1.88. The van der Waals surface area contributed by atoms with E-state index in [1.54, 1.807) is 0 Å². The number of benzene rings is 1. The summed E-state index contributed by atoms with van der Waals surface area (Å²) in [5.74, 6) is -0.646. The first kappa shape index (κ1) is 22.8. The van der Waals surface area contributed by atoms with Crippen LogP contribution < -0.4 is 5.73 Å². The second-order valence-electron chi connectivity index (χ2n) is 7.75. The Morgan fingerprint density at radius 2 is 2.00 bits per heavy atom. The van der Waals surface area contributed by atoms with Gasteiger partial charge in [-0.15, -0.1) is 0 Å². The van der Waals surface area contributed by atoms with Gasteiger partial charge < -0.3 is 10.5 Å². The third kappa shape index (κ3) is 4.56. The molecule has 2 unspecified atom stereocenters. The number of rotatable bonds is 6. The van der Waals surface area contributed by atoms with Gasteiger partial charge >= 0.3 is 12.2 Å². The second kappa shape index (κ2) is 8.70. The quantitative estimate of drug-likeness (QED) is 0.673. The Kier molecular flexibility index (Phi) is 6.61. The molecule has 0 bridgehead atoms. The molecule has 3 amide bonds. The number of morpholine rings is 1. The highest BCUT2D eigenvalue weighted by molar-refractivity contribution is 6.32. The number of nitrogens with two attached hydrogens (primary N) is 1. The van der Waals surface area contributed by atoms with Crippen molar-refractivity contribution in [1.82, 2.24) is 9.80 Å². The van der Waals surface area contributed by atoms with Gasteiger partial charge in [-0.25, -0.2) is 9.28 Å². The van der Waals surface area contributed by atoms with E-state index in [1.165, 1.54) is 24.1 Å². The SMILES string of the molecule is CN1C(=O)[N+](CCN2CCOCC2)(Cc2cccc(C(F)(F)F)c2Cl)CC1C(N)=O. The number of carbonyl (C=O) groups is 2. The number of urea groups is 1. The Labute approximate surface area is 177 Å². The van der Waals surface area contributed by atoms with Crippen LogP contribution in [0.5, 0.6) is 0 Å². The molecule has 1 aromatic rings. The van der Waals surface area contributed by atoms with Crippen molar-refractivity contribution in [2.24, 2.45) is 5.73 Å². The summed E-state index contributed by atoms with van der Waals surface area (Å²) < 4.78 is 45.0. The molecule has 166 valence electrons. The second-order valence-corrected chi connectivity index (χ2v) is 8.13. The number of amides is 3. The summed E-state index contributed by atoms with van der Waals surface area (Å²) in [6.45, 7) is 3.45. The third-order valence-corrected chi connectivity index (χ3v) is 6.28. The van der Waals surface area contributed by atoms with E-state index in [1.807, 2.05) is 0 Å². The summed E-state index contributed by atoms with van der Waals surface area (Å²) in [5.41, 5.74) is 4.73. The average molecular weight is 450 g/mol. The number of likely N-dealkylation sites (N-methyl/N-ethyl adjacent to an activating group) is 1. The highest BCUT2D eigenvalue weighted by atomic mass is 35.5. The number of ether oxygens (including phenoxy) is 1. The Bertz CT molecular complexity index is 817. The lowest BCUT2D eigenvalue weighted by Gasteiger charge is -2.34. The average Bonchev–Trinajstić information content (AvgIpc) is 2.94. The zero-order valence-corrected chi connectivity index (χ0v) is 17.4.